The van der Waals surface area contributed by atoms with Gasteiger partial charge >= 0.3 is 0 Å². The second kappa shape index (κ2) is 4.69. The number of anilines is 1. The van der Waals surface area contributed by atoms with Crippen LogP contribution in [-0.2, 0) is 7.05 Å². The van der Waals surface area contributed by atoms with Crippen molar-refractivity contribution in [3.05, 3.63) is 48.3 Å². The van der Waals surface area contributed by atoms with Crippen LogP contribution in [0.5, 0.6) is 0 Å². The predicted octanol–water partition coefficient (Wildman–Crippen LogP) is 1.20. The lowest BCUT2D eigenvalue weighted by Crippen LogP contribution is -2.39. The van der Waals surface area contributed by atoms with E-state index in [1.807, 2.05) is 30.3 Å². The number of nitrogens with one attached hydrogen (secondary N) is 1. The molecule has 1 heterocycles. The number of amides is 1. The van der Waals surface area contributed by atoms with Crippen LogP contribution in [0.15, 0.2) is 42.7 Å². The van der Waals surface area contributed by atoms with Gasteiger partial charge in [0.2, 0.25) is 0 Å². The first-order valence-electron chi connectivity index (χ1n) is 5.25. The van der Waals surface area contributed by atoms with Crippen LogP contribution < -0.4 is 10.4 Å². The molecule has 1 aromatic carbocycles. The van der Waals surface area contributed by atoms with E-state index in [0.29, 0.717) is 5.56 Å². The maximum absolute atomic E-state index is 11.8. The Morgan fingerprint density at radius 2 is 2.06 bits per heavy atom. The minimum Gasteiger partial charge on any atom is -0.288 e. The van der Waals surface area contributed by atoms with Gasteiger partial charge < -0.3 is 0 Å². The lowest BCUT2D eigenvalue weighted by atomic mass is 10.3. The molecule has 1 amide bonds. The predicted molar refractivity (Wildman–Crippen MR) is 65.5 cm³/mol. The summed E-state index contributed by atoms with van der Waals surface area (Å²) in [5.41, 5.74) is 4.23. The summed E-state index contributed by atoms with van der Waals surface area (Å²) >= 11 is 0. The van der Waals surface area contributed by atoms with Gasteiger partial charge in [-0.1, -0.05) is 18.2 Å². The molecular weight excluding hydrogens is 216 g/mol. The van der Waals surface area contributed by atoms with Gasteiger partial charge in [0.15, 0.2) is 0 Å². The molecule has 0 saturated heterocycles. The Labute approximate surface area is 99.6 Å². The number of hydrazine groups is 1. The van der Waals surface area contributed by atoms with Crippen LogP contribution in [0.4, 0.5) is 5.69 Å². The SMILES string of the molecule is CN(NC(=O)c1cnn(C)c1)c1ccccc1. The second-order valence-electron chi connectivity index (χ2n) is 3.74. The summed E-state index contributed by atoms with van der Waals surface area (Å²) in [6, 6.07) is 9.61. The second-order valence-corrected chi connectivity index (χ2v) is 3.74. The molecule has 0 atom stereocenters. The Balaban J connectivity index is 2.04. The highest BCUT2D eigenvalue weighted by molar-refractivity contribution is 5.94. The molecule has 88 valence electrons. The van der Waals surface area contributed by atoms with E-state index in [2.05, 4.69) is 10.5 Å². The molecule has 0 bridgehead atoms. The van der Waals surface area contributed by atoms with E-state index < -0.39 is 0 Å². The first-order chi connectivity index (χ1) is 8.16. The van der Waals surface area contributed by atoms with Crippen molar-refractivity contribution < 1.29 is 4.79 Å². The third kappa shape index (κ3) is 2.63. The summed E-state index contributed by atoms with van der Waals surface area (Å²) in [5, 5.41) is 5.63. The zero-order valence-corrected chi connectivity index (χ0v) is 9.79. The van der Waals surface area contributed by atoms with E-state index in [1.54, 1.807) is 30.0 Å². The highest BCUT2D eigenvalue weighted by atomic mass is 16.2. The molecule has 1 N–H and O–H groups in total. The third-order valence-electron chi connectivity index (χ3n) is 2.38. The van der Waals surface area contributed by atoms with Gasteiger partial charge in [0.05, 0.1) is 17.4 Å². The van der Waals surface area contributed by atoms with Crippen molar-refractivity contribution in [2.75, 3.05) is 12.1 Å². The number of carbonyl (C=O) groups is 1. The molecule has 0 fully saturated rings. The molecule has 1 aromatic heterocycles. The van der Waals surface area contributed by atoms with Crippen molar-refractivity contribution in [3.63, 3.8) is 0 Å². The van der Waals surface area contributed by atoms with Crippen LogP contribution in [0, 0.1) is 0 Å². The summed E-state index contributed by atoms with van der Waals surface area (Å²) in [6.45, 7) is 0. The summed E-state index contributed by atoms with van der Waals surface area (Å²) in [5.74, 6) is -0.176. The molecule has 0 aliphatic heterocycles. The molecule has 0 saturated carbocycles. The van der Waals surface area contributed by atoms with Gasteiger partial charge in [0, 0.05) is 20.3 Å². The molecule has 0 unspecified atom stereocenters. The van der Waals surface area contributed by atoms with Gasteiger partial charge in [0.1, 0.15) is 0 Å². The highest BCUT2D eigenvalue weighted by Gasteiger charge is 2.09. The lowest BCUT2D eigenvalue weighted by Gasteiger charge is -2.19. The minimum atomic E-state index is -0.176. The summed E-state index contributed by atoms with van der Waals surface area (Å²) in [6.07, 6.45) is 3.21. The number of nitrogens with zero attached hydrogens (tertiary/aromatic N) is 3. The summed E-state index contributed by atoms with van der Waals surface area (Å²) < 4.78 is 1.59. The number of hydrogen-bond acceptors (Lipinski definition) is 3. The smallest absolute Gasteiger partial charge is 0.272 e. The molecular formula is C12H14N4O. The van der Waals surface area contributed by atoms with Crippen LogP contribution in [-0.4, -0.2) is 22.7 Å². The van der Waals surface area contributed by atoms with Crippen molar-refractivity contribution in [1.82, 2.24) is 15.2 Å². The Morgan fingerprint density at radius 3 is 2.65 bits per heavy atom. The Hall–Kier alpha value is -2.30. The van der Waals surface area contributed by atoms with Crippen LogP contribution in [0.2, 0.25) is 0 Å². The molecule has 0 radical (unpaired) electrons. The normalized spacial score (nSPS) is 10.0. The topological polar surface area (TPSA) is 50.2 Å². The number of para-hydroxylation sites is 1. The fourth-order valence-corrected chi connectivity index (χ4v) is 1.47. The zero-order chi connectivity index (χ0) is 12.3. The van der Waals surface area contributed by atoms with E-state index in [-0.39, 0.29) is 5.91 Å². The number of hydrogen-bond donors (Lipinski definition) is 1. The van der Waals surface area contributed by atoms with Crippen molar-refractivity contribution in [2.24, 2.45) is 7.05 Å². The highest BCUT2D eigenvalue weighted by Crippen LogP contribution is 2.09. The standard InChI is InChI=1S/C12H14N4O/c1-15-9-10(8-13-15)12(17)14-16(2)11-6-4-3-5-7-11/h3-9H,1-2H3,(H,14,17). The maximum Gasteiger partial charge on any atom is 0.272 e. The van der Waals surface area contributed by atoms with Crippen LogP contribution in [0.25, 0.3) is 0 Å². The van der Waals surface area contributed by atoms with E-state index in [9.17, 15) is 4.79 Å². The number of carbonyl (C=O) groups excluding carboxylic acids is 1. The van der Waals surface area contributed by atoms with Crippen LogP contribution in [0.1, 0.15) is 10.4 Å². The van der Waals surface area contributed by atoms with Crippen molar-refractivity contribution in [2.45, 2.75) is 0 Å². The minimum absolute atomic E-state index is 0.176. The Morgan fingerprint density at radius 1 is 1.35 bits per heavy atom. The van der Waals surface area contributed by atoms with Gasteiger partial charge in [-0.3, -0.25) is 19.9 Å². The van der Waals surface area contributed by atoms with Gasteiger partial charge in [-0.15, -0.1) is 0 Å². The molecule has 0 aliphatic carbocycles. The van der Waals surface area contributed by atoms with E-state index in [0.717, 1.165) is 5.69 Å². The van der Waals surface area contributed by atoms with Crippen molar-refractivity contribution in [3.8, 4) is 0 Å². The van der Waals surface area contributed by atoms with E-state index in [4.69, 9.17) is 0 Å². The number of aromatic nitrogens is 2. The van der Waals surface area contributed by atoms with Crippen molar-refractivity contribution in [1.29, 1.82) is 0 Å². The largest absolute Gasteiger partial charge is 0.288 e. The maximum atomic E-state index is 11.8. The summed E-state index contributed by atoms with van der Waals surface area (Å²) in [7, 11) is 3.57. The number of rotatable bonds is 3. The average Bonchev–Trinajstić information content (AvgIpc) is 2.77. The van der Waals surface area contributed by atoms with Crippen molar-refractivity contribution >= 4 is 11.6 Å². The molecule has 5 nitrogen and oxygen atoms in total. The van der Waals surface area contributed by atoms with Gasteiger partial charge in [-0.05, 0) is 12.1 Å². The summed E-state index contributed by atoms with van der Waals surface area (Å²) in [4.78, 5) is 11.8. The number of benzene rings is 1. The number of aryl methyl sites for hydroxylation is 1. The first kappa shape index (κ1) is 11.2. The molecule has 2 aromatic rings. The molecule has 2 rings (SSSR count). The first-order valence-corrected chi connectivity index (χ1v) is 5.25. The van der Waals surface area contributed by atoms with Gasteiger partial charge in [-0.2, -0.15) is 5.10 Å². The third-order valence-corrected chi connectivity index (χ3v) is 2.38. The zero-order valence-electron chi connectivity index (χ0n) is 9.79. The van der Waals surface area contributed by atoms with Gasteiger partial charge in [0.25, 0.3) is 5.91 Å². The molecule has 17 heavy (non-hydrogen) atoms. The lowest BCUT2D eigenvalue weighted by molar-refractivity contribution is 0.0951. The van der Waals surface area contributed by atoms with Crippen LogP contribution >= 0.6 is 0 Å². The Kier molecular flexibility index (Phi) is 3.09. The van der Waals surface area contributed by atoms with Crippen LogP contribution in [0.3, 0.4) is 0 Å². The monoisotopic (exact) mass is 230 g/mol. The van der Waals surface area contributed by atoms with E-state index in [1.165, 1.54) is 6.20 Å². The fraction of sp³-hybridized carbons (Fsp3) is 0.167. The van der Waals surface area contributed by atoms with Gasteiger partial charge in [-0.25, -0.2) is 0 Å². The molecule has 0 spiro atoms. The molecule has 5 heteroatoms. The van der Waals surface area contributed by atoms with E-state index >= 15 is 0 Å². The Bertz CT molecular complexity index is 506. The average molecular weight is 230 g/mol. The quantitative estimate of drug-likeness (QED) is 0.806. The fourth-order valence-electron chi connectivity index (χ4n) is 1.47. The molecule has 0 aliphatic rings.